The second kappa shape index (κ2) is 11.9. The Kier molecular flexibility index (Phi) is 7.95. The highest BCUT2D eigenvalue weighted by atomic mass is 32.1. The van der Waals surface area contributed by atoms with E-state index >= 15 is 0 Å². The summed E-state index contributed by atoms with van der Waals surface area (Å²) in [4.78, 5) is 43.4. The maximum absolute atomic E-state index is 13.6. The number of nitrogens with zero attached hydrogens (tertiary/aromatic N) is 2. The molecule has 1 aliphatic heterocycles. The topological polar surface area (TPSA) is 124 Å². The summed E-state index contributed by atoms with van der Waals surface area (Å²) in [5.41, 5.74) is 4.97. The van der Waals surface area contributed by atoms with Crippen molar-refractivity contribution >= 4 is 39.9 Å². The fourth-order valence-corrected chi connectivity index (χ4v) is 5.08. The summed E-state index contributed by atoms with van der Waals surface area (Å²) >= 11 is 1.33. The van der Waals surface area contributed by atoms with Gasteiger partial charge in [0.15, 0.2) is 5.13 Å². The molecule has 0 saturated heterocycles. The number of aliphatic carboxylic acids is 1. The van der Waals surface area contributed by atoms with Gasteiger partial charge in [0.1, 0.15) is 6.04 Å². The smallest absolute Gasteiger partial charge is 0.317 e. The van der Waals surface area contributed by atoms with E-state index in [0.717, 1.165) is 27.9 Å². The van der Waals surface area contributed by atoms with Crippen molar-refractivity contribution in [1.29, 1.82) is 0 Å². The molecule has 3 aromatic carbocycles. The maximum Gasteiger partial charge on any atom is 0.317 e. The van der Waals surface area contributed by atoms with Crippen LogP contribution in [0.4, 0.5) is 10.8 Å². The highest BCUT2D eigenvalue weighted by Crippen LogP contribution is 2.35. The largest absolute Gasteiger partial charge is 0.480 e. The van der Waals surface area contributed by atoms with Crippen LogP contribution in [0, 0.1) is 0 Å². The third-order valence-corrected chi connectivity index (χ3v) is 7.09. The molecule has 198 valence electrons. The van der Waals surface area contributed by atoms with Crippen molar-refractivity contribution in [2.75, 3.05) is 30.3 Å². The van der Waals surface area contributed by atoms with Crippen molar-refractivity contribution in [3.8, 4) is 11.1 Å². The first-order valence-corrected chi connectivity index (χ1v) is 13.3. The Hall–Kier alpha value is -4.54. The molecule has 0 radical (unpaired) electrons. The number of carboxylic acids is 1. The first-order valence-electron chi connectivity index (χ1n) is 12.5. The average molecular weight is 542 g/mol. The van der Waals surface area contributed by atoms with Crippen LogP contribution >= 0.6 is 11.3 Å². The molecule has 1 aromatic heterocycles. The van der Waals surface area contributed by atoms with Crippen molar-refractivity contribution in [1.82, 2.24) is 15.2 Å². The highest BCUT2D eigenvalue weighted by molar-refractivity contribution is 7.13. The lowest BCUT2D eigenvalue weighted by Gasteiger charge is -2.27. The number of anilines is 2. The molecule has 4 N–H and O–H groups in total. The van der Waals surface area contributed by atoms with E-state index in [9.17, 15) is 14.4 Å². The Morgan fingerprint density at radius 3 is 2.49 bits per heavy atom. The highest BCUT2D eigenvalue weighted by Gasteiger charge is 2.37. The predicted octanol–water partition coefficient (Wildman–Crippen LogP) is 4.23. The first kappa shape index (κ1) is 26.1. The Morgan fingerprint density at radius 2 is 1.77 bits per heavy atom. The van der Waals surface area contributed by atoms with Gasteiger partial charge in [0.25, 0.3) is 11.8 Å². The number of hydrogen-bond donors (Lipinski definition) is 4. The summed E-state index contributed by atoms with van der Waals surface area (Å²) in [6, 6.07) is 22.2. The van der Waals surface area contributed by atoms with Crippen LogP contribution < -0.4 is 16.0 Å². The number of carbonyl (C=O) groups is 3. The molecule has 4 aromatic rings. The molecular weight excluding hydrogens is 514 g/mol. The minimum absolute atomic E-state index is 0.0717. The second-order valence-corrected chi connectivity index (χ2v) is 9.91. The Bertz CT molecular complexity index is 1460. The van der Waals surface area contributed by atoms with Crippen LogP contribution in [0.2, 0.25) is 0 Å². The molecule has 2 amide bonds. The third kappa shape index (κ3) is 6.14. The van der Waals surface area contributed by atoms with Gasteiger partial charge in [0.2, 0.25) is 0 Å². The number of carbonyl (C=O) groups excluding carboxylic acids is 2. The molecule has 0 spiro atoms. The van der Waals surface area contributed by atoms with Crippen LogP contribution in [0.5, 0.6) is 0 Å². The van der Waals surface area contributed by atoms with Gasteiger partial charge >= 0.3 is 5.97 Å². The average Bonchev–Trinajstić information content (AvgIpc) is 3.57. The molecular formula is C29H27N5O4S. The molecule has 0 saturated carbocycles. The molecule has 1 unspecified atom stereocenters. The molecule has 39 heavy (non-hydrogen) atoms. The number of aromatic nitrogens is 1. The zero-order valence-corrected chi connectivity index (χ0v) is 21.8. The van der Waals surface area contributed by atoms with Gasteiger partial charge in [-0.05, 0) is 40.5 Å². The zero-order chi connectivity index (χ0) is 27.2. The van der Waals surface area contributed by atoms with E-state index in [1.807, 2.05) is 72.8 Å². The molecule has 0 fully saturated rings. The van der Waals surface area contributed by atoms with E-state index in [1.54, 1.807) is 16.5 Å². The van der Waals surface area contributed by atoms with E-state index in [1.165, 1.54) is 11.3 Å². The van der Waals surface area contributed by atoms with Gasteiger partial charge in [0, 0.05) is 42.5 Å². The van der Waals surface area contributed by atoms with Crippen molar-refractivity contribution in [3.05, 3.63) is 101 Å². The summed E-state index contributed by atoms with van der Waals surface area (Å²) in [5.74, 6) is -1.38. The normalized spacial score (nSPS) is 13.1. The van der Waals surface area contributed by atoms with Crippen molar-refractivity contribution in [2.45, 2.75) is 12.6 Å². The fourth-order valence-electron chi connectivity index (χ4n) is 4.55. The summed E-state index contributed by atoms with van der Waals surface area (Å²) < 4.78 is 0. The molecule has 5 rings (SSSR count). The number of nitrogens with one attached hydrogen (secondary N) is 3. The lowest BCUT2D eigenvalue weighted by molar-refractivity contribution is -0.136. The van der Waals surface area contributed by atoms with Gasteiger partial charge in [-0.15, -0.1) is 11.3 Å². The number of amides is 2. The minimum atomic E-state index is -0.884. The maximum atomic E-state index is 13.6. The Morgan fingerprint density at radius 1 is 1.00 bits per heavy atom. The number of rotatable bonds is 11. The molecule has 10 heteroatoms. The molecule has 9 nitrogen and oxygen atoms in total. The number of carboxylic acid groups (broad SMARTS) is 1. The van der Waals surface area contributed by atoms with Crippen LogP contribution in [0.15, 0.2) is 84.4 Å². The summed E-state index contributed by atoms with van der Waals surface area (Å²) in [5, 5.41) is 19.9. The number of hydrogen-bond acceptors (Lipinski definition) is 7. The predicted molar refractivity (Wildman–Crippen MR) is 151 cm³/mol. The summed E-state index contributed by atoms with van der Waals surface area (Å²) in [7, 11) is 0. The van der Waals surface area contributed by atoms with Crippen molar-refractivity contribution in [2.24, 2.45) is 0 Å². The summed E-state index contributed by atoms with van der Waals surface area (Å²) in [6.07, 6.45) is 1.62. The number of thiazole rings is 1. The lowest BCUT2D eigenvalue weighted by atomic mass is 10.00. The Balaban J connectivity index is 1.31. The first-order chi connectivity index (χ1) is 19.0. The van der Waals surface area contributed by atoms with Crippen LogP contribution in [-0.4, -0.2) is 52.4 Å². The van der Waals surface area contributed by atoms with Crippen LogP contribution in [0.1, 0.15) is 27.5 Å². The molecule has 0 bridgehead atoms. The standard InChI is InChI=1S/C29H27N5O4S/c35-25(36)17-30-12-13-31-23-10-8-19(9-11-23)21-6-7-22-18-34(28(38)24(22)16-21)26(20-4-2-1-3-5-20)27(37)33-29-32-14-15-39-29/h1-11,14-16,26,30-31H,12-13,17-18H2,(H,35,36)(H,32,33,37). The number of benzene rings is 3. The SMILES string of the molecule is O=C(O)CNCCNc1ccc(-c2ccc3c(c2)C(=O)N(C(C(=O)Nc2nccs2)c2ccccc2)C3)cc1. The Labute approximate surface area is 229 Å². The minimum Gasteiger partial charge on any atom is -0.480 e. The zero-order valence-electron chi connectivity index (χ0n) is 21.0. The van der Waals surface area contributed by atoms with Gasteiger partial charge in [0.05, 0.1) is 6.54 Å². The van der Waals surface area contributed by atoms with Gasteiger partial charge in [-0.2, -0.15) is 0 Å². The van der Waals surface area contributed by atoms with Gasteiger partial charge in [-0.25, -0.2) is 4.98 Å². The van der Waals surface area contributed by atoms with Gasteiger partial charge in [-0.1, -0.05) is 54.6 Å². The van der Waals surface area contributed by atoms with E-state index in [0.29, 0.717) is 30.3 Å². The van der Waals surface area contributed by atoms with Crippen LogP contribution in [0.25, 0.3) is 11.1 Å². The molecule has 2 heterocycles. The monoisotopic (exact) mass is 541 g/mol. The van der Waals surface area contributed by atoms with Crippen molar-refractivity contribution < 1.29 is 19.5 Å². The molecule has 1 aliphatic rings. The van der Waals surface area contributed by atoms with E-state index < -0.39 is 12.0 Å². The quantitative estimate of drug-likeness (QED) is 0.210. The lowest BCUT2D eigenvalue weighted by Crippen LogP contribution is -2.37. The molecule has 1 atom stereocenters. The van der Waals surface area contributed by atoms with Crippen LogP contribution in [0.3, 0.4) is 0 Å². The van der Waals surface area contributed by atoms with E-state index in [-0.39, 0.29) is 18.4 Å². The van der Waals surface area contributed by atoms with E-state index in [4.69, 9.17) is 5.11 Å². The van der Waals surface area contributed by atoms with Crippen molar-refractivity contribution in [3.63, 3.8) is 0 Å². The third-order valence-electron chi connectivity index (χ3n) is 6.40. The van der Waals surface area contributed by atoms with Gasteiger partial charge in [-0.3, -0.25) is 19.7 Å². The fraction of sp³-hybridized carbons (Fsp3) is 0.172. The van der Waals surface area contributed by atoms with E-state index in [2.05, 4.69) is 20.9 Å². The summed E-state index contributed by atoms with van der Waals surface area (Å²) in [6.45, 7) is 1.38. The number of fused-ring (bicyclic) bond motifs is 1. The molecule has 0 aliphatic carbocycles. The second-order valence-electron chi connectivity index (χ2n) is 9.02. The van der Waals surface area contributed by atoms with Crippen LogP contribution in [-0.2, 0) is 16.1 Å². The van der Waals surface area contributed by atoms with Gasteiger partial charge < -0.3 is 20.6 Å².